The first-order valence-corrected chi connectivity index (χ1v) is 6.68. The fourth-order valence-corrected chi connectivity index (χ4v) is 2.09. The Kier molecular flexibility index (Phi) is 5.71. The standard InChI is InChI=1S/C12H17ClN2S/c1-3-9(2)15-12(14)16-8-10-5-4-6-11(13)7-10/h4-7,9H,3,8H2,1-2H3,(H2,14,15)/t9-/m0/s1. The summed E-state index contributed by atoms with van der Waals surface area (Å²) in [4.78, 5) is 4.36. The molecule has 1 rings (SSSR count). The fourth-order valence-electron chi connectivity index (χ4n) is 1.13. The third-order valence-corrected chi connectivity index (χ3v) is 3.33. The molecule has 2 N–H and O–H groups in total. The quantitative estimate of drug-likeness (QED) is 0.659. The third-order valence-electron chi connectivity index (χ3n) is 2.21. The minimum Gasteiger partial charge on any atom is -0.379 e. The van der Waals surface area contributed by atoms with Gasteiger partial charge in [0.05, 0.1) is 0 Å². The Hall–Kier alpha value is -0.670. The van der Waals surface area contributed by atoms with Crippen molar-refractivity contribution in [1.29, 1.82) is 0 Å². The van der Waals surface area contributed by atoms with Crippen LogP contribution in [0.2, 0.25) is 5.02 Å². The van der Waals surface area contributed by atoms with Crippen LogP contribution < -0.4 is 5.73 Å². The van der Waals surface area contributed by atoms with Gasteiger partial charge in [0.2, 0.25) is 0 Å². The summed E-state index contributed by atoms with van der Waals surface area (Å²) in [5.41, 5.74) is 6.98. The number of aliphatic imine (C=N–C) groups is 1. The van der Waals surface area contributed by atoms with Crippen molar-refractivity contribution in [3.8, 4) is 0 Å². The van der Waals surface area contributed by atoms with Gasteiger partial charge >= 0.3 is 0 Å². The number of rotatable bonds is 4. The van der Waals surface area contributed by atoms with Crippen molar-refractivity contribution in [1.82, 2.24) is 0 Å². The Bertz CT molecular complexity index is 366. The van der Waals surface area contributed by atoms with Crippen LogP contribution in [0.15, 0.2) is 29.3 Å². The molecule has 1 aromatic rings. The average Bonchev–Trinajstić information content (AvgIpc) is 2.26. The number of benzene rings is 1. The van der Waals surface area contributed by atoms with E-state index in [-0.39, 0.29) is 0 Å². The summed E-state index contributed by atoms with van der Waals surface area (Å²) in [5.74, 6) is 0.812. The smallest absolute Gasteiger partial charge is 0.154 e. The summed E-state index contributed by atoms with van der Waals surface area (Å²) in [6, 6.07) is 8.10. The van der Waals surface area contributed by atoms with Crippen LogP contribution in [0.4, 0.5) is 0 Å². The van der Waals surface area contributed by atoms with Gasteiger partial charge in [0.1, 0.15) is 0 Å². The highest BCUT2D eigenvalue weighted by Crippen LogP contribution is 2.16. The topological polar surface area (TPSA) is 38.4 Å². The minimum atomic E-state index is 0.298. The summed E-state index contributed by atoms with van der Waals surface area (Å²) in [7, 11) is 0. The van der Waals surface area contributed by atoms with Crippen LogP contribution in [0.1, 0.15) is 25.8 Å². The van der Waals surface area contributed by atoms with E-state index in [1.807, 2.05) is 24.3 Å². The Morgan fingerprint density at radius 3 is 2.94 bits per heavy atom. The lowest BCUT2D eigenvalue weighted by Crippen LogP contribution is -2.11. The van der Waals surface area contributed by atoms with Crippen molar-refractivity contribution < 1.29 is 0 Å². The zero-order valence-electron chi connectivity index (χ0n) is 9.61. The first-order chi connectivity index (χ1) is 7.61. The molecule has 1 atom stereocenters. The molecule has 0 unspecified atom stereocenters. The van der Waals surface area contributed by atoms with Crippen molar-refractivity contribution in [2.24, 2.45) is 10.7 Å². The number of nitrogens with zero attached hydrogens (tertiary/aromatic N) is 1. The lowest BCUT2D eigenvalue weighted by molar-refractivity contribution is 0.718. The second-order valence-corrected chi connectivity index (χ2v) is 5.08. The second-order valence-electron chi connectivity index (χ2n) is 3.64. The van der Waals surface area contributed by atoms with Crippen LogP contribution in [0.3, 0.4) is 0 Å². The Morgan fingerprint density at radius 2 is 2.31 bits per heavy atom. The van der Waals surface area contributed by atoms with E-state index in [9.17, 15) is 0 Å². The highest BCUT2D eigenvalue weighted by molar-refractivity contribution is 8.13. The van der Waals surface area contributed by atoms with Crippen molar-refractivity contribution in [2.75, 3.05) is 0 Å². The predicted octanol–water partition coefficient (Wildman–Crippen LogP) is 3.69. The average molecular weight is 257 g/mol. The van der Waals surface area contributed by atoms with Crippen LogP contribution in [-0.4, -0.2) is 11.2 Å². The number of halogens is 1. The Morgan fingerprint density at radius 1 is 1.56 bits per heavy atom. The molecule has 1 aromatic carbocycles. The van der Waals surface area contributed by atoms with E-state index in [4.69, 9.17) is 17.3 Å². The molecule has 0 bridgehead atoms. The lowest BCUT2D eigenvalue weighted by atomic mass is 10.2. The maximum absolute atomic E-state index is 5.90. The molecule has 0 saturated heterocycles. The highest BCUT2D eigenvalue weighted by Gasteiger charge is 2.00. The maximum atomic E-state index is 5.90. The monoisotopic (exact) mass is 256 g/mol. The lowest BCUT2D eigenvalue weighted by Gasteiger charge is -2.05. The van der Waals surface area contributed by atoms with E-state index >= 15 is 0 Å². The van der Waals surface area contributed by atoms with E-state index in [0.717, 1.165) is 17.2 Å². The van der Waals surface area contributed by atoms with Gasteiger partial charge in [-0.15, -0.1) is 0 Å². The van der Waals surface area contributed by atoms with E-state index in [0.29, 0.717) is 11.2 Å². The van der Waals surface area contributed by atoms with Gasteiger partial charge < -0.3 is 5.73 Å². The van der Waals surface area contributed by atoms with Crippen LogP contribution in [0.5, 0.6) is 0 Å². The molecule has 0 amide bonds. The molecule has 0 aromatic heterocycles. The normalized spacial score (nSPS) is 13.8. The summed E-state index contributed by atoms with van der Waals surface area (Å²) in [6.07, 6.45) is 1.01. The minimum absolute atomic E-state index is 0.298. The van der Waals surface area contributed by atoms with Crippen LogP contribution in [0.25, 0.3) is 0 Å². The largest absolute Gasteiger partial charge is 0.379 e. The molecular formula is C12H17ClN2S. The Balaban J connectivity index is 2.48. The van der Waals surface area contributed by atoms with E-state index in [2.05, 4.69) is 18.8 Å². The van der Waals surface area contributed by atoms with Gasteiger partial charge in [-0.3, -0.25) is 4.99 Å². The molecule has 0 spiro atoms. The maximum Gasteiger partial charge on any atom is 0.154 e. The first-order valence-electron chi connectivity index (χ1n) is 5.32. The number of nitrogens with two attached hydrogens (primary N) is 1. The second kappa shape index (κ2) is 6.81. The SMILES string of the molecule is CC[C@H](C)N=C(N)SCc1cccc(Cl)c1. The zero-order chi connectivity index (χ0) is 12.0. The van der Waals surface area contributed by atoms with E-state index in [1.165, 1.54) is 5.56 Å². The number of thioether (sulfide) groups is 1. The van der Waals surface area contributed by atoms with Gasteiger partial charge in [-0.25, -0.2) is 0 Å². The van der Waals surface area contributed by atoms with Gasteiger partial charge in [0, 0.05) is 16.8 Å². The van der Waals surface area contributed by atoms with Gasteiger partial charge in [0.15, 0.2) is 5.17 Å². The summed E-state index contributed by atoms with van der Waals surface area (Å²) >= 11 is 7.45. The van der Waals surface area contributed by atoms with Crippen LogP contribution in [0, 0.1) is 0 Å². The molecule has 88 valence electrons. The number of amidine groups is 1. The molecule has 4 heteroatoms. The molecule has 16 heavy (non-hydrogen) atoms. The molecular weight excluding hydrogens is 240 g/mol. The van der Waals surface area contributed by atoms with Crippen LogP contribution >= 0.6 is 23.4 Å². The van der Waals surface area contributed by atoms with E-state index in [1.54, 1.807) is 11.8 Å². The van der Waals surface area contributed by atoms with Gasteiger partial charge in [0.25, 0.3) is 0 Å². The molecule has 0 fully saturated rings. The van der Waals surface area contributed by atoms with Gasteiger partial charge in [-0.1, -0.05) is 42.4 Å². The molecule has 0 heterocycles. The van der Waals surface area contributed by atoms with Crippen molar-refractivity contribution in [3.05, 3.63) is 34.9 Å². The highest BCUT2D eigenvalue weighted by atomic mass is 35.5. The molecule has 0 aliphatic heterocycles. The predicted molar refractivity (Wildman–Crippen MR) is 74.1 cm³/mol. The molecule has 0 saturated carbocycles. The molecule has 0 radical (unpaired) electrons. The van der Waals surface area contributed by atoms with Crippen LogP contribution in [-0.2, 0) is 5.75 Å². The third kappa shape index (κ3) is 4.90. The fraction of sp³-hybridized carbons (Fsp3) is 0.417. The van der Waals surface area contributed by atoms with Crippen molar-refractivity contribution >= 4 is 28.5 Å². The summed E-state index contributed by atoms with van der Waals surface area (Å²) in [5, 5.41) is 1.41. The first kappa shape index (κ1) is 13.4. The number of hydrogen-bond donors (Lipinski definition) is 1. The summed E-state index contributed by atoms with van der Waals surface area (Å²) < 4.78 is 0. The molecule has 0 aliphatic rings. The van der Waals surface area contributed by atoms with Crippen molar-refractivity contribution in [2.45, 2.75) is 32.1 Å². The van der Waals surface area contributed by atoms with Gasteiger partial charge in [-0.05, 0) is 31.0 Å². The number of hydrogen-bond acceptors (Lipinski definition) is 2. The van der Waals surface area contributed by atoms with Crippen molar-refractivity contribution in [3.63, 3.8) is 0 Å². The Labute approximate surface area is 106 Å². The summed E-state index contributed by atoms with van der Waals surface area (Å²) in [6.45, 7) is 4.16. The van der Waals surface area contributed by atoms with Gasteiger partial charge in [-0.2, -0.15) is 0 Å². The molecule has 0 aliphatic carbocycles. The van der Waals surface area contributed by atoms with E-state index < -0.39 is 0 Å². The zero-order valence-corrected chi connectivity index (χ0v) is 11.2. The molecule has 2 nitrogen and oxygen atoms in total.